The number of thiophene rings is 1. The van der Waals surface area contributed by atoms with Crippen LogP contribution in [0.2, 0.25) is 5.02 Å². The quantitative estimate of drug-likeness (QED) is 0.790. The molecule has 0 aromatic carbocycles. The van der Waals surface area contributed by atoms with Crippen molar-refractivity contribution in [2.75, 3.05) is 6.54 Å². The lowest BCUT2D eigenvalue weighted by Gasteiger charge is -2.09. The van der Waals surface area contributed by atoms with E-state index in [0.29, 0.717) is 0 Å². The second-order valence-corrected chi connectivity index (χ2v) is 5.40. The van der Waals surface area contributed by atoms with E-state index in [1.54, 1.807) is 11.3 Å². The first-order valence-electron chi connectivity index (χ1n) is 5.88. The first-order valence-corrected chi connectivity index (χ1v) is 7.13. The molecule has 2 nitrogen and oxygen atoms in total. The first kappa shape index (κ1) is 12.7. The lowest BCUT2D eigenvalue weighted by molar-refractivity contribution is 0.632. The van der Waals surface area contributed by atoms with E-state index in [4.69, 9.17) is 11.6 Å². The van der Waals surface area contributed by atoms with Crippen molar-refractivity contribution in [1.29, 1.82) is 0 Å². The summed E-state index contributed by atoms with van der Waals surface area (Å²) >= 11 is 7.83. The molecule has 0 bridgehead atoms. The molecule has 0 aliphatic rings. The number of hydrogen-bond acceptors (Lipinski definition) is 2. The molecule has 0 saturated carbocycles. The van der Waals surface area contributed by atoms with Gasteiger partial charge in [0.1, 0.15) is 0 Å². The summed E-state index contributed by atoms with van der Waals surface area (Å²) in [5, 5.41) is 6.33. The Bertz CT molecular complexity index is 461. The summed E-state index contributed by atoms with van der Waals surface area (Å²) in [6.45, 7) is 5.03. The fourth-order valence-corrected chi connectivity index (χ4v) is 2.84. The van der Waals surface area contributed by atoms with E-state index < -0.39 is 0 Å². The van der Waals surface area contributed by atoms with Crippen LogP contribution in [-0.4, -0.2) is 11.1 Å². The summed E-state index contributed by atoms with van der Waals surface area (Å²) < 4.78 is 2.25. The molecule has 0 aliphatic heterocycles. The van der Waals surface area contributed by atoms with Crippen LogP contribution in [0, 0.1) is 0 Å². The van der Waals surface area contributed by atoms with Crippen LogP contribution < -0.4 is 5.32 Å². The van der Waals surface area contributed by atoms with Gasteiger partial charge in [-0.1, -0.05) is 18.5 Å². The third-order valence-electron chi connectivity index (χ3n) is 2.66. The zero-order valence-corrected chi connectivity index (χ0v) is 11.5. The van der Waals surface area contributed by atoms with E-state index in [-0.39, 0.29) is 0 Å². The zero-order chi connectivity index (χ0) is 12.1. The van der Waals surface area contributed by atoms with Gasteiger partial charge in [0.05, 0.1) is 11.6 Å². The largest absolute Gasteiger partial charge is 0.345 e. The van der Waals surface area contributed by atoms with Crippen LogP contribution in [0.3, 0.4) is 0 Å². The minimum atomic E-state index is 0.868. The average Bonchev–Trinajstić information content (AvgIpc) is 2.91. The normalized spacial score (nSPS) is 10.9. The summed E-state index contributed by atoms with van der Waals surface area (Å²) in [4.78, 5) is 1.22. The molecule has 17 heavy (non-hydrogen) atoms. The van der Waals surface area contributed by atoms with Gasteiger partial charge >= 0.3 is 0 Å². The van der Waals surface area contributed by atoms with Gasteiger partial charge in [0.25, 0.3) is 0 Å². The summed E-state index contributed by atoms with van der Waals surface area (Å²) in [5.74, 6) is 0. The number of hydrogen-bond donors (Lipinski definition) is 1. The number of nitrogens with zero attached hydrogens (tertiary/aromatic N) is 1. The van der Waals surface area contributed by atoms with E-state index in [9.17, 15) is 0 Å². The second-order valence-electron chi connectivity index (χ2n) is 4.00. The van der Waals surface area contributed by atoms with Crippen molar-refractivity contribution < 1.29 is 0 Å². The smallest absolute Gasteiger partial charge is 0.0581 e. The predicted octanol–water partition coefficient (Wildman–Crippen LogP) is 3.75. The van der Waals surface area contributed by atoms with Crippen molar-refractivity contribution >= 4 is 22.9 Å². The van der Waals surface area contributed by atoms with Crippen molar-refractivity contribution in [3.8, 4) is 0 Å². The van der Waals surface area contributed by atoms with Gasteiger partial charge in [-0.25, -0.2) is 0 Å². The molecule has 0 radical (unpaired) electrons. The van der Waals surface area contributed by atoms with E-state index >= 15 is 0 Å². The van der Waals surface area contributed by atoms with Crippen LogP contribution in [0.15, 0.2) is 29.8 Å². The van der Waals surface area contributed by atoms with E-state index in [2.05, 4.69) is 35.1 Å². The molecule has 0 fully saturated rings. The lowest BCUT2D eigenvalue weighted by Crippen LogP contribution is -2.16. The fourth-order valence-electron chi connectivity index (χ4n) is 1.75. The molecule has 4 heteroatoms. The van der Waals surface area contributed by atoms with Gasteiger partial charge in [-0.2, -0.15) is 0 Å². The van der Waals surface area contributed by atoms with Gasteiger partial charge < -0.3 is 9.88 Å². The first-order chi connectivity index (χ1) is 8.31. The maximum absolute atomic E-state index is 6.12. The van der Waals surface area contributed by atoms with Gasteiger partial charge in [0.15, 0.2) is 0 Å². The molecule has 0 saturated heterocycles. The van der Waals surface area contributed by atoms with Crippen molar-refractivity contribution in [1.82, 2.24) is 9.88 Å². The van der Waals surface area contributed by atoms with Crippen LogP contribution in [0.25, 0.3) is 0 Å². The van der Waals surface area contributed by atoms with Crippen molar-refractivity contribution in [3.63, 3.8) is 0 Å². The van der Waals surface area contributed by atoms with Gasteiger partial charge in [-0.15, -0.1) is 11.3 Å². The molecule has 1 N–H and O–H groups in total. The van der Waals surface area contributed by atoms with Crippen LogP contribution >= 0.6 is 22.9 Å². The zero-order valence-electron chi connectivity index (χ0n) is 9.95. The summed E-state index contributed by atoms with van der Waals surface area (Å²) in [6, 6.07) is 6.20. The minimum absolute atomic E-state index is 0.868. The molecule has 0 spiro atoms. The number of rotatable bonds is 6. The molecule has 2 rings (SSSR count). The highest BCUT2D eigenvalue weighted by Gasteiger charge is 2.05. The number of halogens is 1. The second kappa shape index (κ2) is 6.24. The molecule has 0 aliphatic carbocycles. The molecule has 0 atom stereocenters. The lowest BCUT2D eigenvalue weighted by atomic mass is 10.4. The molecule has 0 unspecified atom stereocenters. The Labute approximate surface area is 111 Å². The number of aromatic nitrogens is 1. The highest BCUT2D eigenvalue weighted by atomic mass is 35.5. The van der Waals surface area contributed by atoms with E-state index in [0.717, 1.165) is 31.1 Å². The Morgan fingerprint density at radius 2 is 2.29 bits per heavy atom. The fraction of sp³-hybridized carbons (Fsp3) is 0.385. The third-order valence-corrected chi connectivity index (χ3v) is 4.03. The summed E-state index contributed by atoms with van der Waals surface area (Å²) in [5.41, 5.74) is 1.31. The highest BCUT2D eigenvalue weighted by Crippen LogP contribution is 2.23. The van der Waals surface area contributed by atoms with Crippen LogP contribution in [0.4, 0.5) is 0 Å². The maximum Gasteiger partial charge on any atom is 0.0581 e. The molecule has 92 valence electrons. The van der Waals surface area contributed by atoms with Crippen LogP contribution in [-0.2, 0) is 13.1 Å². The molecule has 2 heterocycles. The van der Waals surface area contributed by atoms with Crippen molar-refractivity contribution in [2.24, 2.45) is 0 Å². The Hall–Kier alpha value is -0.770. The molecule has 2 aromatic heterocycles. The standard InChI is InChI=1S/C13H17ClN2S/c1-2-6-15-9-11-4-3-7-16(11)10-13-12(14)5-8-17-13/h3-5,7-8,15H,2,6,9-10H2,1H3. The SMILES string of the molecule is CCCNCc1cccn1Cc1sccc1Cl. The van der Waals surface area contributed by atoms with E-state index in [1.165, 1.54) is 10.6 Å². The average molecular weight is 269 g/mol. The van der Waals surface area contributed by atoms with Gasteiger partial charge in [0.2, 0.25) is 0 Å². The molecule has 0 amide bonds. The minimum Gasteiger partial charge on any atom is -0.345 e. The Kier molecular flexibility index (Phi) is 4.66. The Morgan fingerprint density at radius 3 is 3.00 bits per heavy atom. The summed E-state index contributed by atoms with van der Waals surface area (Å²) in [6.07, 6.45) is 3.27. The predicted molar refractivity (Wildman–Crippen MR) is 74.9 cm³/mol. The Morgan fingerprint density at radius 1 is 1.41 bits per heavy atom. The maximum atomic E-state index is 6.12. The van der Waals surface area contributed by atoms with Crippen molar-refractivity contribution in [3.05, 3.63) is 45.4 Å². The molecular formula is C13H17ClN2S. The number of nitrogens with one attached hydrogen (secondary N) is 1. The van der Waals surface area contributed by atoms with Gasteiger partial charge in [0, 0.05) is 23.3 Å². The van der Waals surface area contributed by atoms with Gasteiger partial charge in [-0.05, 0) is 36.5 Å². The Balaban J connectivity index is 2.01. The molecular weight excluding hydrogens is 252 g/mol. The highest BCUT2D eigenvalue weighted by molar-refractivity contribution is 7.10. The van der Waals surface area contributed by atoms with Gasteiger partial charge in [-0.3, -0.25) is 0 Å². The van der Waals surface area contributed by atoms with Crippen molar-refractivity contribution in [2.45, 2.75) is 26.4 Å². The van der Waals surface area contributed by atoms with Crippen LogP contribution in [0.1, 0.15) is 23.9 Å². The topological polar surface area (TPSA) is 17.0 Å². The molecule has 2 aromatic rings. The summed E-state index contributed by atoms with van der Waals surface area (Å²) in [7, 11) is 0. The van der Waals surface area contributed by atoms with E-state index in [1.807, 2.05) is 11.4 Å². The third kappa shape index (κ3) is 3.35. The van der Waals surface area contributed by atoms with Crippen LogP contribution in [0.5, 0.6) is 0 Å². The monoisotopic (exact) mass is 268 g/mol.